The van der Waals surface area contributed by atoms with Crippen molar-refractivity contribution in [2.24, 2.45) is 0 Å². The summed E-state index contributed by atoms with van der Waals surface area (Å²) in [6.07, 6.45) is 5.48. The molecule has 4 rings (SSSR count). The lowest BCUT2D eigenvalue weighted by Crippen LogP contribution is -2.31. The predicted octanol–water partition coefficient (Wildman–Crippen LogP) is 2.99. The molecule has 7 nitrogen and oxygen atoms in total. The quantitative estimate of drug-likeness (QED) is 0.620. The standard InChI is InChI=1S/C21H21N3O4S/c1-27-17-4-6-19(7-5-17)29(25,26)24-14-10-18(15-24)28-20-3-2-11-23-21(20)16-8-12-22-13-9-16/h2-9,11-13,18H,10,14-15H2,1H3. The van der Waals surface area contributed by atoms with Gasteiger partial charge < -0.3 is 9.47 Å². The van der Waals surface area contributed by atoms with E-state index in [1.165, 1.54) is 4.31 Å². The first-order chi connectivity index (χ1) is 14.1. The first kappa shape index (κ1) is 19.4. The molecule has 150 valence electrons. The van der Waals surface area contributed by atoms with Gasteiger partial charge in [0.15, 0.2) is 0 Å². The van der Waals surface area contributed by atoms with Crippen molar-refractivity contribution in [3.8, 4) is 22.8 Å². The summed E-state index contributed by atoms with van der Waals surface area (Å²) in [6.45, 7) is 0.697. The topological polar surface area (TPSA) is 81.6 Å². The molecule has 1 aromatic carbocycles. The fourth-order valence-corrected chi connectivity index (χ4v) is 4.79. The van der Waals surface area contributed by atoms with Gasteiger partial charge in [-0.05, 0) is 55.0 Å². The van der Waals surface area contributed by atoms with Crippen molar-refractivity contribution >= 4 is 10.0 Å². The van der Waals surface area contributed by atoms with Gasteiger partial charge in [0.05, 0.1) is 18.6 Å². The van der Waals surface area contributed by atoms with Crippen LogP contribution >= 0.6 is 0 Å². The van der Waals surface area contributed by atoms with Crippen LogP contribution in [-0.4, -0.2) is 49.0 Å². The van der Waals surface area contributed by atoms with Gasteiger partial charge in [0.2, 0.25) is 10.0 Å². The van der Waals surface area contributed by atoms with Gasteiger partial charge in [0.1, 0.15) is 23.3 Å². The average molecular weight is 411 g/mol. The van der Waals surface area contributed by atoms with Crippen LogP contribution in [0.3, 0.4) is 0 Å². The zero-order valence-corrected chi connectivity index (χ0v) is 16.7. The second-order valence-electron chi connectivity index (χ2n) is 6.65. The molecule has 0 radical (unpaired) electrons. The lowest BCUT2D eigenvalue weighted by Gasteiger charge is -2.18. The summed E-state index contributed by atoms with van der Waals surface area (Å²) in [5, 5.41) is 0. The normalized spacial score (nSPS) is 17.2. The SMILES string of the molecule is COc1ccc(S(=O)(=O)N2CCC(Oc3cccnc3-c3ccncc3)C2)cc1. The maximum absolute atomic E-state index is 12.9. The fraction of sp³-hybridized carbons (Fsp3) is 0.238. The average Bonchev–Trinajstić information content (AvgIpc) is 3.24. The molecule has 0 N–H and O–H groups in total. The molecule has 0 spiro atoms. The molecule has 1 unspecified atom stereocenters. The van der Waals surface area contributed by atoms with Gasteiger partial charge in [0, 0.05) is 30.7 Å². The monoisotopic (exact) mass is 411 g/mol. The number of sulfonamides is 1. The Hall–Kier alpha value is -2.97. The third kappa shape index (κ3) is 4.08. The molecule has 1 aliphatic heterocycles. The summed E-state index contributed by atoms with van der Waals surface area (Å²) in [7, 11) is -2.03. The van der Waals surface area contributed by atoms with Crippen LogP contribution in [0.1, 0.15) is 6.42 Å². The number of pyridine rings is 2. The highest BCUT2D eigenvalue weighted by Crippen LogP contribution is 2.30. The Morgan fingerprint density at radius 2 is 1.79 bits per heavy atom. The Bertz CT molecular complexity index is 1070. The molecule has 1 aliphatic rings. The van der Waals surface area contributed by atoms with Crippen molar-refractivity contribution < 1.29 is 17.9 Å². The van der Waals surface area contributed by atoms with Crippen LogP contribution in [0.2, 0.25) is 0 Å². The largest absolute Gasteiger partial charge is 0.497 e. The Morgan fingerprint density at radius 1 is 1.03 bits per heavy atom. The van der Waals surface area contributed by atoms with E-state index in [0.717, 1.165) is 5.56 Å². The molecule has 29 heavy (non-hydrogen) atoms. The van der Waals surface area contributed by atoms with Gasteiger partial charge in [0.25, 0.3) is 0 Å². The zero-order valence-electron chi connectivity index (χ0n) is 15.9. The molecule has 0 bridgehead atoms. The van der Waals surface area contributed by atoms with E-state index in [1.54, 1.807) is 56.0 Å². The van der Waals surface area contributed by atoms with Crippen LogP contribution in [0.4, 0.5) is 0 Å². The van der Waals surface area contributed by atoms with Crippen LogP contribution in [0, 0.1) is 0 Å². The minimum absolute atomic E-state index is 0.243. The summed E-state index contributed by atoms with van der Waals surface area (Å²) >= 11 is 0. The van der Waals surface area contributed by atoms with E-state index < -0.39 is 10.0 Å². The zero-order chi connectivity index (χ0) is 20.3. The molecule has 1 atom stereocenters. The lowest BCUT2D eigenvalue weighted by atomic mass is 10.1. The number of hydrogen-bond donors (Lipinski definition) is 0. The van der Waals surface area contributed by atoms with Crippen LogP contribution in [0.5, 0.6) is 11.5 Å². The number of ether oxygens (including phenoxy) is 2. The van der Waals surface area contributed by atoms with Crippen molar-refractivity contribution in [1.29, 1.82) is 0 Å². The summed E-state index contributed by atoms with van der Waals surface area (Å²) in [5.41, 5.74) is 1.61. The molecular formula is C21H21N3O4S. The first-order valence-electron chi connectivity index (χ1n) is 9.24. The second kappa shape index (κ2) is 8.18. The van der Waals surface area contributed by atoms with Gasteiger partial charge in [-0.1, -0.05) is 0 Å². The highest BCUT2D eigenvalue weighted by molar-refractivity contribution is 7.89. The molecule has 1 saturated heterocycles. The van der Waals surface area contributed by atoms with Crippen LogP contribution in [-0.2, 0) is 10.0 Å². The molecular weight excluding hydrogens is 390 g/mol. The molecule has 0 aliphatic carbocycles. The van der Waals surface area contributed by atoms with E-state index in [1.807, 2.05) is 18.2 Å². The third-order valence-corrected chi connectivity index (χ3v) is 6.70. The van der Waals surface area contributed by atoms with Gasteiger partial charge in [-0.3, -0.25) is 9.97 Å². The number of nitrogens with zero attached hydrogens (tertiary/aromatic N) is 3. The minimum Gasteiger partial charge on any atom is -0.497 e. The minimum atomic E-state index is -3.58. The van der Waals surface area contributed by atoms with Crippen molar-refractivity contribution in [1.82, 2.24) is 14.3 Å². The summed E-state index contributed by atoms with van der Waals surface area (Å²) in [4.78, 5) is 8.70. The fourth-order valence-electron chi connectivity index (χ4n) is 3.30. The molecule has 3 heterocycles. The molecule has 2 aromatic heterocycles. The van der Waals surface area contributed by atoms with Crippen LogP contribution in [0.15, 0.2) is 72.0 Å². The van der Waals surface area contributed by atoms with E-state index in [4.69, 9.17) is 9.47 Å². The Kier molecular flexibility index (Phi) is 5.46. The number of rotatable bonds is 6. The molecule has 3 aromatic rings. The van der Waals surface area contributed by atoms with Gasteiger partial charge in [-0.25, -0.2) is 8.42 Å². The van der Waals surface area contributed by atoms with E-state index in [9.17, 15) is 8.42 Å². The highest BCUT2D eigenvalue weighted by Gasteiger charge is 2.34. The van der Waals surface area contributed by atoms with Gasteiger partial charge >= 0.3 is 0 Å². The van der Waals surface area contributed by atoms with Gasteiger partial charge in [-0.15, -0.1) is 0 Å². The number of hydrogen-bond acceptors (Lipinski definition) is 6. The van der Waals surface area contributed by atoms with Crippen LogP contribution in [0.25, 0.3) is 11.3 Å². The van der Waals surface area contributed by atoms with Crippen molar-refractivity contribution in [3.05, 3.63) is 67.1 Å². The highest BCUT2D eigenvalue weighted by atomic mass is 32.2. The van der Waals surface area contributed by atoms with Gasteiger partial charge in [-0.2, -0.15) is 4.31 Å². The van der Waals surface area contributed by atoms with Crippen LogP contribution < -0.4 is 9.47 Å². The van der Waals surface area contributed by atoms with Crippen molar-refractivity contribution in [2.45, 2.75) is 17.4 Å². The third-order valence-electron chi connectivity index (χ3n) is 4.82. The first-order valence-corrected chi connectivity index (χ1v) is 10.7. The van der Waals surface area contributed by atoms with Crippen molar-refractivity contribution in [2.75, 3.05) is 20.2 Å². The number of benzene rings is 1. The number of aromatic nitrogens is 2. The van der Waals surface area contributed by atoms with E-state index >= 15 is 0 Å². The van der Waals surface area contributed by atoms with E-state index in [-0.39, 0.29) is 11.0 Å². The Labute approximate surface area is 170 Å². The summed E-state index contributed by atoms with van der Waals surface area (Å²) in [5.74, 6) is 1.25. The maximum Gasteiger partial charge on any atom is 0.243 e. The Balaban J connectivity index is 1.50. The lowest BCUT2D eigenvalue weighted by molar-refractivity contribution is 0.216. The molecule has 1 fully saturated rings. The molecule has 0 saturated carbocycles. The molecule has 0 amide bonds. The second-order valence-corrected chi connectivity index (χ2v) is 8.59. The number of methoxy groups -OCH3 is 1. The summed E-state index contributed by atoms with van der Waals surface area (Å²) < 4.78 is 38.6. The van der Waals surface area contributed by atoms with E-state index in [0.29, 0.717) is 36.7 Å². The van der Waals surface area contributed by atoms with Crippen molar-refractivity contribution in [3.63, 3.8) is 0 Å². The maximum atomic E-state index is 12.9. The smallest absolute Gasteiger partial charge is 0.243 e. The summed E-state index contributed by atoms with van der Waals surface area (Å²) in [6, 6.07) is 13.8. The Morgan fingerprint density at radius 3 is 2.52 bits per heavy atom. The predicted molar refractivity (Wildman–Crippen MR) is 108 cm³/mol. The molecule has 8 heteroatoms. The van der Waals surface area contributed by atoms with E-state index in [2.05, 4.69) is 9.97 Å².